The monoisotopic (exact) mass is 369 g/mol. The lowest BCUT2D eigenvalue weighted by Crippen LogP contribution is -2.22. The summed E-state index contributed by atoms with van der Waals surface area (Å²) in [6.07, 6.45) is 0. The second-order valence-corrected chi connectivity index (χ2v) is 8.39. The number of nitrogens with zero attached hydrogens (tertiary/aromatic N) is 2. The molecule has 1 aromatic heterocycles. The number of benzene rings is 2. The molecule has 3 aromatic rings. The number of aliphatic imine (C=N–C) groups is 1. The first-order chi connectivity index (χ1) is 12.0. The number of sulfonamides is 1. The fourth-order valence-corrected chi connectivity index (χ4v) is 4.92. The van der Waals surface area contributed by atoms with Gasteiger partial charge in [-0.3, -0.25) is 9.71 Å². The van der Waals surface area contributed by atoms with E-state index in [1.165, 1.54) is 0 Å². The molecule has 0 aliphatic carbocycles. The second kappa shape index (κ2) is 6.09. The zero-order chi connectivity index (χ0) is 17.4. The first-order valence-corrected chi connectivity index (χ1v) is 10.0. The van der Waals surface area contributed by atoms with Gasteiger partial charge in [-0.15, -0.1) is 11.3 Å². The maximum atomic E-state index is 12.1. The number of aromatic nitrogens is 1. The summed E-state index contributed by atoms with van der Waals surface area (Å²) in [4.78, 5) is 10.4. The van der Waals surface area contributed by atoms with Crippen LogP contribution in [0, 0.1) is 6.92 Å². The van der Waals surface area contributed by atoms with E-state index in [-0.39, 0.29) is 4.90 Å². The van der Waals surface area contributed by atoms with E-state index >= 15 is 0 Å². The van der Waals surface area contributed by atoms with Gasteiger partial charge in [-0.05, 0) is 19.1 Å². The third kappa shape index (κ3) is 2.96. The average molecular weight is 369 g/mol. The van der Waals surface area contributed by atoms with Crippen molar-refractivity contribution in [2.24, 2.45) is 4.99 Å². The van der Waals surface area contributed by atoms with Crippen molar-refractivity contribution >= 4 is 27.2 Å². The minimum absolute atomic E-state index is 0.278. The van der Waals surface area contributed by atoms with Gasteiger partial charge >= 0.3 is 0 Å². The molecule has 0 saturated heterocycles. The van der Waals surface area contributed by atoms with E-state index in [2.05, 4.69) is 14.7 Å². The van der Waals surface area contributed by atoms with Crippen molar-refractivity contribution in [3.05, 3.63) is 70.7 Å². The van der Waals surface area contributed by atoms with E-state index in [0.717, 1.165) is 21.1 Å². The molecule has 0 amide bonds. The van der Waals surface area contributed by atoms with Gasteiger partial charge in [-0.2, -0.15) is 0 Å². The molecule has 25 heavy (non-hydrogen) atoms. The van der Waals surface area contributed by atoms with Crippen LogP contribution in [0.4, 0.5) is 0 Å². The van der Waals surface area contributed by atoms with Crippen molar-refractivity contribution in [1.29, 1.82) is 0 Å². The Labute approximate surface area is 150 Å². The standard InChI is InChI=1S/C18H15N3O2S2/c1-12-15(24-18(20-12)13-7-3-2-4-8-13)11-19-17-14-9-5-6-10-16(14)25(22,23)21-17/h2-10H,11H2,1H3,(H,19,21). The van der Waals surface area contributed by atoms with Gasteiger partial charge in [0.1, 0.15) is 10.8 Å². The van der Waals surface area contributed by atoms with Crippen molar-refractivity contribution in [2.75, 3.05) is 0 Å². The summed E-state index contributed by atoms with van der Waals surface area (Å²) < 4.78 is 26.8. The smallest absolute Gasteiger partial charge is 0.263 e. The zero-order valence-electron chi connectivity index (χ0n) is 13.4. The van der Waals surface area contributed by atoms with Crippen LogP contribution in [0.5, 0.6) is 0 Å². The lowest BCUT2D eigenvalue weighted by molar-refractivity contribution is 0.595. The van der Waals surface area contributed by atoms with Crippen molar-refractivity contribution in [2.45, 2.75) is 18.4 Å². The highest BCUT2D eigenvalue weighted by atomic mass is 32.2. The molecule has 4 rings (SSSR count). The minimum Gasteiger partial charge on any atom is -0.263 e. The van der Waals surface area contributed by atoms with Crippen molar-refractivity contribution < 1.29 is 8.42 Å². The van der Waals surface area contributed by atoms with Crippen LogP contribution in [0.3, 0.4) is 0 Å². The predicted octanol–water partition coefficient (Wildman–Crippen LogP) is 3.36. The van der Waals surface area contributed by atoms with Crippen molar-refractivity contribution in [3.63, 3.8) is 0 Å². The molecule has 0 spiro atoms. The number of hydrogen-bond donors (Lipinski definition) is 1. The van der Waals surface area contributed by atoms with Crippen LogP contribution in [-0.4, -0.2) is 19.2 Å². The number of amidine groups is 1. The number of hydrogen-bond acceptors (Lipinski definition) is 5. The second-order valence-electron chi connectivity index (χ2n) is 5.66. The van der Waals surface area contributed by atoms with E-state index in [9.17, 15) is 8.42 Å². The summed E-state index contributed by atoms with van der Waals surface area (Å²) in [7, 11) is -3.50. The molecule has 0 fully saturated rings. The molecule has 0 bridgehead atoms. The van der Waals surface area contributed by atoms with E-state index in [1.54, 1.807) is 29.5 Å². The number of nitrogens with one attached hydrogen (secondary N) is 1. The molecule has 7 heteroatoms. The van der Waals surface area contributed by atoms with Gasteiger partial charge in [-0.1, -0.05) is 42.5 Å². The van der Waals surface area contributed by atoms with Crippen LogP contribution in [0.25, 0.3) is 10.6 Å². The molecular formula is C18H15N3O2S2. The summed E-state index contributed by atoms with van der Waals surface area (Å²) in [5.41, 5.74) is 2.61. The molecular weight excluding hydrogens is 354 g/mol. The Morgan fingerprint density at radius 3 is 2.60 bits per heavy atom. The van der Waals surface area contributed by atoms with Gasteiger partial charge in [0, 0.05) is 16.0 Å². The lowest BCUT2D eigenvalue weighted by atomic mass is 10.2. The molecule has 126 valence electrons. The largest absolute Gasteiger partial charge is 0.263 e. The first kappa shape index (κ1) is 16.0. The van der Waals surface area contributed by atoms with Gasteiger partial charge in [0.15, 0.2) is 0 Å². The third-order valence-corrected chi connectivity index (χ3v) is 6.55. The van der Waals surface area contributed by atoms with E-state index in [0.29, 0.717) is 17.9 Å². The van der Waals surface area contributed by atoms with Crippen LogP contribution < -0.4 is 4.72 Å². The molecule has 0 saturated carbocycles. The van der Waals surface area contributed by atoms with Crippen LogP contribution in [0.1, 0.15) is 16.1 Å². The SMILES string of the molecule is Cc1nc(-c2ccccc2)sc1CN=C1NS(=O)(=O)c2ccccc21. The van der Waals surface area contributed by atoms with Crippen molar-refractivity contribution in [3.8, 4) is 10.6 Å². The number of aryl methyl sites for hydroxylation is 1. The number of rotatable bonds is 3. The summed E-state index contributed by atoms with van der Waals surface area (Å²) >= 11 is 1.58. The Morgan fingerprint density at radius 2 is 1.80 bits per heavy atom. The summed E-state index contributed by atoms with van der Waals surface area (Å²) in [5.74, 6) is 0.393. The zero-order valence-corrected chi connectivity index (χ0v) is 15.1. The highest BCUT2D eigenvalue weighted by molar-refractivity contribution is 7.90. The lowest BCUT2D eigenvalue weighted by Gasteiger charge is -1.98. The quantitative estimate of drug-likeness (QED) is 0.769. The topological polar surface area (TPSA) is 71.4 Å². The van der Waals surface area contributed by atoms with Gasteiger partial charge in [-0.25, -0.2) is 13.4 Å². The first-order valence-electron chi connectivity index (χ1n) is 7.73. The number of thiazole rings is 1. The van der Waals surface area contributed by atoms with Crippen LogP contribution in [0.2, 0.25) is 0 Å². The van der Waals surface area contributed by atoms with E-state index < -0.39 is 10.0 Å². The van der Waals surface area contributed by atoms with Crippen LogP contribution >= 0.6 is 11.3 Å². The highest BCUT2D eigenvalue weighted by Gasteiger charge is 2.30. The minimum atomic E-state index is -3.50. The van der Waals surface area contributed by atoms with Crippen molar-refractivity contribution in [1.82, 2.24) is 9.71 Å². The van der Waals surface area contributed by atoms with Gasteiger partial charge < -0.3 is 0 Å². The summed E-state index contributed by atoms with van der Waals surface area (Å²) in [5, 5.41) is 0.945. The maximum Gasteiger partial charge on any atom is 0.263 e. The fourth-order valence-electron chi connectivity index (χ4n) is 2.68. The molecule has 5 nitrogen and oxygen atoms in total. The Bertz CT molecular complexity index is 1070. The van der Waals surface area contributed by atoms with Crippen LogP contribution in [-0.2, 0) is 16.6 Å². The molecule has 2 aromatic carbocycles. The predicted molar refractivity (Wildman–Crippen MR) is 99.3 cm³/mol. The Hall–Kier alpha value is -2.51. The molecule has 0 radical (unpaired) electrons. The maximum absolute atomic E-state index is 12.1. The Morgan fingerprint density at radius 1 is 1.08 bits per heavy atom. The Balaban J connectivity index is 1.65. The molecule has 1 aliphatic heterocycles. The summed E-state index contributed by atoms with van der Waals surface area (Å²) in [6.45, 7) is 2.34. The third-order valence-electron chi connectivity index (χ3n) is 3.96. The highest BCUT2D eigenvalue weighted by Crippen LogP contribution is 2.29. The normalized spacial score (nSPS) is 16.6. The Kier molecular flexibility index (Phi) is 3.89. The molecule has 1 N–H and O–H groups in total. The van der Waals surface area contributed by atoms with Gasteiger partial charge in [0.05, 0.1) is 17.1 Å². The molecule has 2 heterocycles. The molecule has 0 unspecified atom stereocenters. The van der Waals surface area contributed by atoms with Gasteiger partial charge in [0.25, 0.3) is 10.0 Å². The van der Waals surface area contributed by atoms with Crippen LogP contribution in [0.15, 0.2) is 64.5 Å². The fraction of sp³-hybridized carbons (Fsp3) is 0.111. The average Bonchev–Trinajstić information content (AvgIpc) is 3.12. The number of fused-ring (bicyclic) bond motifs is 1. The van der Waals surface area contributed by atoms with E-state index in [4.69, 9.17) is 0 Å². The molecule has 0 atom stereocenters. The summed E-state index contributed by atoms with van der Waals surface area (Å²) in [6, 6.07) is 16.9. The van der Waals surface area contributed by atoms with E-state index in [1.807, 2.05) is 43.3 Å². The molecule has 1 aliphatic rings. The van der Waals surface area contributed by atoms with Gasteiger partial charge in [0.2, 0.25) is 0 Å².